The van der Waals surface area contributed by atoms with E-state index in [4.69, 9.17) is 0 Å². The number of hydrogen-bond donors (Lipinski definition) is 0. The predicted octanol–water partition coefficient (Wildman–Crippen LogP) is 3.43. The number of aryl methyl sites for hydroxylation is 1. The van der Waals surface area contributed by atoms with E-state index in [0.29, 0.717) is 5.92 Å². The van der Waals surface area contributed by atoms with Crippen LogP contribution >= 0.6 is 0 Å². The molecule has 0 fully saturated rings. The smallest absolute Gasteiger partial charge is 0.123 e. The van der Waals surface area contributed by atoms with Gasteiger partial charge in [-0.15, -0.1) is 0 Å². The number of hydrogen-bond acceptors (Lipinski definition) is 0. The molecule has 0 heterocycles. The lowest BCUT2D eigenvalue weighted by Crippen LogP contribution is -1.94. The first-order valence-corrected chi connectivity index (χ1v) is 4.62. The van der Waals surface area contributed by atoms with Crippen LogP contribution in [0.4, 0.5) is 4.39 Å². The minimum atomic E-state index is -0.132. The summed E-state index contributed by atoms with van der Waals surface area (Å²) in [5.74, 6) is 0.248. The summed E-state index contributed by atoms with van der Waals surface area (Å²) in [6.45, 7) is 5.96. The molecule has 2 rings (SSSR count). The lowest BCUT2D eigenvalue weighted by molar-refractivity contribution is 0.624. The lowest BCUT2D eigenvalue weighted by atomic mass is 9.95. The van der Waals surface area contributed by atoms with Crippen molar-refractivity contribution in [3.8, 4) is 0 Å². The maximum atomic E-state index is 13.0. The number of halogens is 1. The van der Waals surface area contributed by atoms with Crippen molar-refractivity contribution in [3.63, 3.8) is 0 Å². The van der Waals surface area contributed by atoms with Crippen LogP contribution in [0.1, 0.15) is 30.4 Å². The van der Waals surface area contributed by atoms with Crippen LogP contribution in [0.5, 0.6) is 0 Å². The first kappa shape index (κ1) is 8.49. The quantitative estimate of drug-likeness (QED) is 0.575. The van der Waals surface area contributed by atoms with Gasteiger partial charge < -0.3 is 0 Å². The van der Waals surface area contributed by atoms with Gasteiger partial charge in [-0.2, -0.15) is 0 Å². The molecule has 1 aliphatic rings. The summed E-state index contributed by atoms with van der Waals surface area (Å²) in [6.07, 6.45) is 2.15. The highest BCUT2D eigenvalue weighted by Gasteiger charge is 2.22. The third kappa shape index (κ3) is 1.39. The molecule has 0 saturated carbocycles. The van der Waals surface area contributed by atoms with Crippen molar-refractivity contribution in [2.75, 3.05) is 0 Å². The van der Waals surface area contributed by atoms with Crippen molar-refractivity contribution in [1.29, 1.82) is 0 Å². The van der Waals surface area contributed by atoms with Crippen LogP contribution in [0.2, 0.25) is 0 Å². The van der Waals surface area contributed by atoms with Crippen molar-refractivity contribution in [1.82, 2.24) is 0 Å². The molecule has 0 spiro atoms. The molecule has 0 aromatic heterocycles. The Morgan fingerprint density at radius 2 is 2.31 bits per heavy atom. The molecule has 13 heavy (non-hydrogen) atoms. The molecule has 0 amide bonds. The first-order valence-electron chi connectivity index (χ1n) is 4.62. The van der Waals surface area contributed by atoms with Crippen molar-refractivity contribution in [2.24, 2.45) is 0 Å². The first-order chi connectivity index (χ1) is 6.18. The molecule has 1 aliphatic carbocycles. The zero-order valence-electron chi connectivity index (χ0n) is 7.81. The molecule has 68 valence electrons. The van der Waals surface area contributed by atoms with Crippen molar-refractivity contribution >= 4 is 0 Å². The molecule has 0 saturated heterocycles. The average molecular weight is 176 g/mol. The molecule has 0 bridgehead atoms. The van der Waals surface area contributed by atoms with E-state index >= 15 is 0 Å². The number of fused-ring (bicyclic) bond motifs is 1. The Bertz CT molecular complexity index is 352. The molecule has 0 N–H and O–H groups in total. The highest BCUT2D eigenvalue weighted by Crippen LogP contribution is 2.37. The monoisotopic (exact) mass is 176 g/mol. The SMILES string of the molecule is C=C(C)C1CCc2ccc(F)cc21. The molecular weight excluding hydrogens is 163 g/mol. The van der Waals surface area contributed by atoms with Gasteiger partial charge in [0, 0.05) is 5.92 Å². The maximum Gasteiger partial charge on any atom is 0.123 e. The van der Waals surface area contributed by atoms with E-state index in [1.54, 1.807) is 12.1 Å². The van der Waals surface area contributed by atoms with Gasteiger partial charge in [0.25, 0.3) is 0 Å². The van der Waals surface area contributed by atoms with Gasteiger partial charge in [-0.25, -0.2) is 4.39 Å². The van der Waals surface area contributed by atoms with E-state index in [1.807, 2.05) is 13.0 Å². The molecule has 1 atom stereocenters. The summed E-state index contributed by atoms with van der Waals surface area (Å²) < 4.78 is 13.0. The van der Waals surface area contributed by atoms with Gasteiger partial charge in [0.05, 0.1) is 0 Å². The van der Waals surface area contributed by atoms with Gasteiger partial charge in [-0.1, -0.05) is 18.2 Å². The second-order valence-electron chi connectivity index (χ2n) is 3.78. The fourth-order valence-corrected chi connectivity index (χ4v) is 2.09. The average Bonchev–Trinajstić information content (AvgIpc) is 2.46. The summed E-state index contributed by atoms with van der Waals surface area (Å²) >= 11 is 0. The number of allylic oxidation sites excluding steroid dienone is 1. The lowest BCUT2D eigenvalue weighted by Gasteiger charge is -2.10. The maximum absolute atomic E-state index is 13.0. The molecule has 1 aromatic rings. The van der Waals surface area contributed by atoms with Gasteiger partial charge in [0.15, 0.2) is 0 Å². The Morgan fingerprint density at radius 1 is 1.54 bits per heavy atom. The van der Waals surface area contributed by atoms with E-state index in [-0.39, 0.29) is 5.82 Å². The van der Waals surface area contributed by atoms with Crippen molar-refractivity contribution in [2.45, 2.75) is 25.7 Å². The molecular formula is C12H13F. The van der Waals surface area contributed by atoms with E-state index in [0.717, 1.165) is 24.0 Å². The highest BCUT2D eigenvalue weighted by atomic mass is 19.1. The standard InChI is InChI=1S/C12H13F/c1-8(2)11-6-4-9-3-5-10(13)7-12(9)11/h3,5,7,11H,1,4,6H2,2H3. The minimum Gasteiger partial charge on any atom is -0.207 e. The third-order valence-electron chi connectivity index (χ3n) is 2.78. The van der Waals surface area contributed by atoms with Crippen LogP contribution in [-0.2, 0) is 6.42 Å². The molecule has 1 heteroatoms. The van der Waals surface area contributed by atoms with E-state index in [9.17, 15) is 4.39 Å². The van der Waals surface area contributed by atoms with Gasteiger partial charge in [-0.3, -0.25) is 0 Å². The summed E-state index contributed by atoms with van der Waals surface area (Å²) in [7, 11) is 0. The third-order valence-corrected chi connectivity index (χ3v) is 2.78. The van der Waals surface area contributed by atoms with E-state index in [1.165, 1.54) is 5.56 Å². The Morgan fingerprint density at radius 3 is 3.00 bits per heavy atom. The van der Waals surface area contributed by atoms with Gasteiger partial charge in [-0.05, 0) is 43.0 Å². The van der Waals surface area contributed by atoms with Crippen LogP contribution in [0.3, 0.4) is 0 Å². The topological polar surface area (TPSA) is 0 Å². The highest BCUT2D eigenvalue weighted by molar-refractivity contribution is 5.39. The van der Waals surface area contributed by atoms with Crippen molar-refractivity contribution in [3.05, 3.63) is 47.3 Å². The summed E-state index contributed by atoms with van der Waals surface area (Å²) in [5, 5.41) is 0. The van der Waals surface area contributed by atoms with Crippen LogP contribution in [0.25, 0.3) is 0 Å². The predicted molar refractivity (Wildman–Crippen MR) is 52.3 cm³/mol. The van der Waals surface area contributed by atoms with E-state index in [2.05, 4.69) is 6.58 Å². The Kier molecular flexibility index (Phi) is 1.95. The minimum absolute atomic E-state index is 0.132. The van der Waals surface area contributed by atoms with Crippen LogP contribution in [-0.4, -0.2) is 0 Å². The van der Waals surface area contributed by atoms with Crippen LogP contribution < -0.4 is 0 Å². The van der Waals surface area contributed by atoms with Gasteiger partial charge >= 0.3 is 0 Å². The zero-order chi connectivity index (χ0) is 9.42. The Balaban J connectivity index is 2.46. The van der Waals surface area contributed by atoms with Crippen LogP contribution in [0, 0.1) is 5.82 Å². The second kappa shape index (κ2) is 2.99. The van der Waals surface area contributed by atoms with Crippen LogP contribution in [0.15, 0.2) is 30.4 Å². The fourth-order valence-electron chi connectivity index (χ4n) is 2.09. The van der Waals surface area contributed by atoms with Crippen molar-refractivity contribution < 1.29 is 4.39 Å². The molecule has 1 aromatic carbocycles. The second-order valence-corrected chi connectivity index (χ2v) is 3.78. The zero-order valence-corrected chi connectivity index (χ0v) is 7.81. The molecule has 0 radical (unpaired) electrons. The number of rotatable bonds is 1. The van der Waals surface area contributed by atoms with Gasteiger partial charge in [0.1, 0.15) is 5.82 Å². The normalized spacial score (nSPS) is 20.0. The van der Waals surface area contributed by atoms with E-state index < -0.39 is 0 Å². The summed E-state index contributed by atoms with van der Waals surface area (Å²) in [4.78, 5) is 0. The van der Waals surface area contributed by atoms with Gasteiger partial charge in [0.2, 0.25) is 0 Å². The molecule has 0 aliphatic heterocycles. The molecule has 0 nitrogen and oxygen atoms in total. The Hall–Kier alpha value is -1.11. The fraction of sp³-hybridized carbons (Fsp3) is 0.333. The molecule has 1 unspecified atom stereocenters. The summed E-state index contributed by atoms with van der Waals surface area (Å²) in [5.41, 5.74) is 3.58. The Labute approximate surface area is 78.1 Å². The number of benzene rings is 1. The summed E-state index contributed by atoms with van der Waals surface area (Å²) in [6, 6.07) is 5.09. The largest absolute Gasteiger partial charge is 0.207 e.